The van der Waals surface area contributed by atoms with Gasteiger partial charge in [-0.25, -0.2) is 13.4 Å². The normalized spacial score (nSPS) is 15.0. The van der Waals surface area contributed by atoms with Crippen LogP contribution in [0, 0.1) is 0 Å². The van der Waals surface area contributed by atoms with E-state index in [4.69, 9.17) is 4.74 Å². The summed E-state index contributed by atoms with van der Waals surface area (Å²) < 4.78 is 30.1. The Morgan fingerprint density at radius 1 is 0.917 bits per heavy atom. The van der Waals surface area contributed by atoms with Crippen LogP contribution in [0.25, 0.3) is 22.4 Å². The SMILES string of the molecule is CS(=O)(=O)n1ccc(C(=O)NCC(=O)Nc2nc(-c3cccc(-c4cccc(CNC(=O)CCCOc5cccc6c5C(=O)N(C5CCC(=O)NC5=O)C6=O)c4)c3)cs2)c1. The Labute approximate surface area is 347 Å². The lowest BCUT2D eigenvalue weighted by Crippen LogP contribution is -2.54. The highest BCUT2D eigenvalue weighted by Crippen LogP contribution is 2.34. The maximum Gasteiger partial charge on any atom is 0.266 e. The zero-order chi connectivity index (χ0) is 42.6. The van der Waals surface area contributed by atoms with Crippen molar-refractivity contribution < 1.29 is 46.7 Å². The van der Waals surface area contributed by atoms with E-state index >= 15 is 0 Å². The number of nitrogens with one attached hydrogen (secondary N) is 4. The molecule has 17 nitrogen and oxygen atoms in total. The molecule has 0 saturated carbocycles. The number of anilines is 1. The number of amides is 7. The molecule has 0 aliphatic carbocycles. The Morgan fingerprint density at radius 2 is 1.67 bits per heavy atom. The first-order valence-corrected chi connectivity index (χ1v) is 21.3. The molecular weight excluding hydrogens is 815 g/mol. The Kier molecular flexibility index (Phi) is 12.0. The van der Waals surface area contributed by atoms with E-state index in [0.29, 0.717) is 17.2 Å². The summed E-state index contributed by atoms with van der Waals surface area (Å²) in [4.78, 5) is 93.4. The lowest BCUT2D eigenvalue weighted by atomic mass is 10.0. The third kappa shape index (κ3) is 9.32. The van der Waals surface area contributed by atoms with E-state index in [1.807, 2.05) is 48.5 Å². The van der Waals surface area contributed by atoms with E-state index in [1.165, 1.54) is 35.9 Å². The van der Waals surface area contributed by atoms with Crippen LogP contribution in [0.5, 0.6) is 5.75 Å². The van der Waals surface area contributed by atoms with Crippen molar-refractivity contribution >= 4 is 67.8 Å². The first-order chi connectivity index (χ1) is 28.7. The molecule has 60 heavy (non-hydrogen) atoms. The van der Waals surface area contributed by atoms with Gasteiger partial charge in [0.15, 0.2) is 5.13 Å². The number of carbonyl (C=O) groups is 7. The number of aromatic nitrogens is 2. The molecule has 7 amide bonds. The number of imide groups is 2. The highest BCUT2D eigenvalue weighted by molar-refractivity contribution is 7.89. The van der Waals surface area contributed by atoms with Crippen LogP contribution in [0.1, 0.15) is 62.3 Å². The van der Waals surface area contributed by atoms with Gasteiger partial charge in [-0.1, -0.05) is 42.5 Å². The quantitative estimate of drug-likeness (QED) is 0.0882. The van der Waals surface area contributed by atoms with Gasteiger partial charge in [0, 0.05) is 42.7 Å². The van der Waals surface area contributed by atoms with Gasteiger partial charge in [-0.2, -0.15) is 0 Å². The molecule has 0 spiro atoms. The molecular formula is C41H37N7O10S2. The Balaban J connectivity index is 0.875. The molecule has 19 heteroatoms. The molecule has 1 saturated heterocycles. The summed E-state index contributed by atoms with van der Waals surface area (Å²) in [6, 6.07) is 20.2. The Hall–Kier alpha value is -6.99. The standard InChI is InChI=1S/C41H37N7O10S2/c1-60(56,57)47-16-15-28(22-47)37(52)43-21-35(51)46-41-44-30(23-59-41)27-9-3-8-26(19-27)25-7-2-6-24(18-25)20-42-33(49)12-5-17-58-32-11-4-10-29-36(32)40(55)48(39(29)54)31-13-14-34(50)45-38(31)53/h2-4,6-11,15-16,18-19,22-23,31H,5,12-14,17,20-21H2,1H3,(H,42,49)(H,43,52)(H,44,46,51)(H,45,50,53). The smallest absolute Gasteiger partial charge is 0.266 e. The zero-order valence-electron chi connectivity index (χ0n) is 31.9. The average molecular weight is 852 g/mol. The van der Waals surface area contributed by atoms with Crippen molar-refractivity contribution in [3.63, 3.8) is 0 Å². The summed E-state index contributed by atoms with van der Waals surface area (Å²) in [5, 5.41) is 12.3. The van der Waals surface area contributed by atoms with Gasteiger partial charge in [-0.05, 0) is 59.9 Å². The van der Waals surface area contributed by atoms with Crippen molar-refractivity contribution in [1.82, 2.24) is 29.8 Å². The molecule has 4 heterocycles. The summed E-state index contributed by atoms with van der Waals surface area (Å²) in [6.07, 6.45) is 3.94. The van der Waals surface area contributed by atoms with Crippen LogP contribution < -0.4 is 26.0 Å². The minimum Gasteiger partial charge on any atom is -0.493 e. The Morgan fingerprint density at radius 3 is 2.43 bits per heavy atom. The highest BCUT2D eigenvalue weighted by Gasteiger charge is 2.46. The molecule has 4 N–H and O–H groups in total. The lowest BCUT2D eigenvalue weighted by Gasteiger charge is -2.27. The highest BCUT2D eigenvalue weighted by atomic mass is 32.2. The summed E-state index contributed by atoms with van der Waals surface area (Å²) >= 11 is 1.22. The zero-order valence-corrected chi connectivity index (χ0v) is 33.6. The summed E-state index contributed by atoms with van der Waals surface area (Å²) in [5.41, 5.74) is 4.35. The Bertz CT molecular complexity index is 2670. The molecule has 1 unspecified atom stereocenters. The van der Waals surface area contributed by atoms with E-state index in [1.54, 1.807) is 17.5 Å². The van der Waals surface area contributed by atoms with Crippen molar-refractivity contribution in [1.29, 1.82) is 0 Å². The van der Waals surface area contributed by atoms with E-state index in [-0.39, 0.29) is 67.3 Å². The van der Waals surface area contributed by atoms with Gasteiger partial charge in [-0.3, -0.25) is 47.8 Å². The van der Waals surface area contributed by atoms with E-state index in [0.717, 1.165) is 37.4 Å². The molecule has 0 bridgehead atoms. The predicted molar refractivity (Wildman–Crippen MR) is 218 cm³/mol. The van der Waals surface area contributed by atoms with Crippen LogP contribution in [0.2, 0.25) is 0 Å². The number of rotatable bonds is 15. The van der Waals surface area contributed by atoms with Gasteiger partial charge in [0.05, 0.1) is 41.8 Å². The molecule has 3 aromatic carbocycles. The minimum absolute atomic E-state index is 0.0141. The van der Waals surface area contributed by atoms with Gasteiger partial charge < -0.3 is 20.7 Å². The molecule has 2 aliphatic rings. The monoisotopic (exact) mass is 851 g/mol. The number of thiazole rings is 1. The largest absolute Gasteiger partial charge is 0.493 e. The van der Waals surface area contributed by atoms with Crippen molar-refractivity contribution in [2.24, 2.45) is 0 Å². The second-order valence-electron chi connectivity index (χ2n) is 13.9. The fraction of sp³-hybridized carbons (Fsp3) is 0.220. The van der Waals surface area contributed by atoms with Crippen molar-refractivity contribution in [2.75, 3.05) is 24.7 Å². The maximum atomic E-state index is 13.3. The van der Waals surface area contributed by atoms with Gasteiger partial charge in [-0.15, -0.1) is 11.3 Å². The second-order valence-corrected chi connectivity index (χ2v) is 16.6. The first-order valence-electron chi connectivity index (χ1n) is 18.6. The van der Waals surface area contributed by atoms with Crippen molar-refractivity contribution in [3.05, 3.63) is 113 Å². The number of fused-ring (bicyclic) bond motifs is 1. The number of carbonyl (C=O) groups excluding carboxylic acids is 7. The fourth-order valence-corrected chi connectivity index (χ4v) is 7.96. The number of nitrogens with zero attached hydrogens (tertiary/aromatic N) is 3. The number of hydrogen-bond donors (Lipinski definition) is 4. The second kappa shape index (κ2) is 17.5. The van der Waals surface area contributed by atoms with Crippen molar-refractivity contribution in [3.8, 4) is 28.1 Å². The topological polar surface area (TPSA) is 232 Å². The number of piperidine rings is 1. The molecule has 1 fully saturated rings. The average Bonchev–Trinajstić information content (AvgIpc) is 3.98. The van der Waals surface area contributed by atoms with Gasteiger partial charge in [0.1, 0.15) is 11.8 Å². The lowest BCUT2D eigenvalue weighted by molar-refractivity contribution is -0.136. The molecule has 0 radical (unpaired) electrons. The van der Waals surface area contributed by atoms with E-state index in [9.17, 15) is 42.0 Å². The van der Waals surface area contributed by atoms with E-state index < -0.39 is 51.5 Å². The summed E-state index contributed by atoms with van der Waals surface area (Å²) in [7, 11) is -3.54. The number of hydrogen-bond acceptors (Lipinski definition) is 12. The predicted octanol–water partition coefficient (Wildman–Crippen LogP) is 3.33. The molecule has 5 aromatic rings. The van der Waals surface area contributed by atoms with Crippen LogP contribution in [0.15, 0.2) is 90.6 Å². The first kappa shape index (κ1) is 41.2. The third-order valence-electron chi connectivity index (χ3n) is 9.62. The third-order valence-corrected chi connectivity index (χ3v) is 11.4. The van der Waals surface area contributed by atoms with Crippen LogP contribution in [-0.2, 0) is 35.7 Å². The maximum absolute atomic E-state index is 13.3. The van der Waals surface area contributed by atoms with Gasteiger partial charge >= 0.3 is 0 Å². The van der Waals surface area contributed by atoms with Crippen LogP contribution >= 0.6 is 11.3 Å². The summed E-state index contributed by atoms with van der Waals surface area (Å²) in [5.74, 6) is -3.61. The minimum atomic E-state index is -3.54. The van der Waals surface area contributed by atoms with Crippen LogP contribution in [0.3, 0.4) is 0 Å². The van der Waals surface area contributed by atoms with E-state index in [2.05, 4.69) is 26.3 Å². The van der Waals surface area contributed by atoms with Gasteiger partial charge in [0.25, 0.3) is 17.7 Å². The van der Waals surface area contributed by atoms with Gasteiger partial charge in [0.2, 0.25) is 33.7 Å². The summed E-state index contributed by atoms with van der Waals surface area (Å²) in [6.45, 7) is 0.0134. The number of benzene rings is 3. The van der Waals surface area contributed by atoms with Crippen LogP contribution in [0.4, 0.5) is 5.13 Å². The molecule has 1 atom stereocenters. The fourth-order valence-electron chi connectivity index (χ4n) is 6.63. The molecule has 7 rings (SSSR count). The van der Waals surface area contributed by atoms with Crippen molar-refractivity contribution in [2.45, 2.75) is 38.3 Å². The molecule has 308 valence electrons. The number of ether oxygens (including phenoxy) is 1. The molecule has 2 aromatic heterocycles. The van der Waals surface area contributed by atoms with Crippen LogP contribution in [-0.4, -0.2) is 89.1 Å². The molecule has 2 aliphatic heterocycles.